The molecule has 2 aliphatic carbocycles. The van der Waals surface area contributed by atoms with Gasteiger partial charge in [0.15, 0.2) is 0 Å². The molecular formula is C23H41N3O5. The number of imide groups is 1. The van der Waals surface area contributed by atoms with E-state index in [4.69, 9.17) is 0 Å². The molecule has 1 atom stereocenters. The molecule has 0 radical (unpaired) electrons. The van der Waals surface area contributed by atoms with Crippen molar-refractivity contribution in [3.63, 3.8) is 0 Å². The van der Waals surface area contributed by atoms with Gasteiger partial charge >= 0.3 is 6.03 Å². The first-order valence-electron chi connectivity index (χ1n) is 12.0. The van der Waals surface area contributed by atoms with Gasteiger partial charge in [0, 0.05) is 30.5 Å². The van der Waals surface area contributed by atoms with E-state index in [1.807, 2.05) is 0 Å². The monoisotopic (exact) mass is 439 g/mol. The van der Waals surface area contributed by atoms with Crippen LogP contribution in [0.15, 0.2) is 0 Å². The summed E-state index contributed by atoms with van der Waals surface area (Å²) in [7, 11) is 0. The Balaban J connectivity index is 1.87. The van der Waals surface area contributed by atoms with E-state index in [0.717, 1.165) is 57.8 Å². The molecule has 8 heteroatoms. The predicted molar refractivity (Wildman–Crippen MR) is 118 cm³/mol. The standard InChI is InChI=1S/C23H41N3O5/c1-23(2,16-27)20(29)21(30)24-15-9-14-19(28)26(18-12-7-4-8-13-18)22(31)25-17-10-5-3-6-11-17/h17-18,20,27,29H,3-16H2,1-2H3,(H,24,30)(H,25,31). The number of nitrogens with one attached hydrogen (secondary N) is 2. The molecule has 4 N–H and O–H groups in total. The van der Waals surface area contributed by atoms with Gasteiger partial charge in [0.05, 0.1) is 6.61 Å². The topological polar surface area (TPSA) is 119 Å². The summed E-state index contributed by atoms with van der Waals surface area (Å²) in [5.41, 5.74) is -0.936. The van der Waals surface area contributed by atoms with Crippen molar-refractivity contribution in [2.75, 3.05) is 13.2 Å². The van der Waals surface area contributed by atoms with Crippen LogP contribution in [0.4, 0.5) is 4.79 Å². The predicted octanol–water partition coefficient (Wildman–Crippen LogP) is 2.47. The Labute approximate surface area is 186 Å². The van der Waals surface area contributed by atoms with Crippen LogP contribution >= 0.6 is 0 Å². The second-order valence-corrected chi connectivity index (χ2v) is 9.78. The summed E-state index contributed by atoms with van der Waals surface area (Å²) in [6, 6.07) is -0.171. The van der Waals surface area contributed by atoms with Crippen molar-refractivity contribution in [2.24, 2.45) is 5.41 Å². The van der Waals surface area contributed by atoms with Crippen molar-refractivity contribution in [2.45, 2.75) is 109 Å². The van der Waals surface area contributed by atoms with E-state index in [1.165, 1.54) is 11.3 Å². The SMILES string of the molecule is CC(C)(CO)C(O)C(=O)NCCCC(=O)N(C(=O)NC1CCCCC1)C1CCCCC1. The van der Waals surface area contributed by atoms with E-state index < -0.39 is 17.4 Å². The highest BCUT2D eigenvalue weighted by atomic mass is 16.3. The van der Waals surface area contributed by atoms with Crippen molar-refractivity contribution in [1.82, 2.24) is 15.5 Å². The van der Waals surface area contributed by atoms with Gasteiger partial charge in [-0.1, -0.05) is 52.4 Å². The summed E-state index contributed by atoms with van der Waals surface area (Å²) >= 11 is 0. The molecule has 2 aliphatic rings. The number of aliphatic hydroxyl groups is 2. The lowest BCUT2D eigenvalue weighted by atomic mass is 9.87. The Morgan fingerprint density at radius 1 is 1.00 bits per heavy atom. The van der Waals surface area contributed by atoms with Gasteiger partial charge in [-0.2, -0.15) is 0 Å². The fourth-order valence-corrected chi connectivity index (χ4v) is 4.42. The van der Waals surface area contributed by atoms with Crippen LogP contribution in [-0.4, -0.2) is 64.3 Å². The van der Waals surface area contributed by atoms with Crippen molar-refractivity contribution >= 4 is 17.8 Å². The number of carbonyl (C=O) groups is 3. The number of hydrogen-bond acceptors (Lipinski definition) is 5. The van der Waals surface area contributed by atoms with E-state index in [9.17, 15) is 24.6 Å². The molecule has 0 aromatic carbocycles. The second kappa shape index (κ2) is 12.4. The number of nitrogens with zero attached hydrogens (tertiary/aromatic N) is 1. The Kier molecular flexibility index (Phi) is 10.2. The molecule has 2 saturated carbocycles. The summed E-state index contributed by atoms with van der Waals surface area (Å²) in [5.74, 6) is -0.767. The first-order valence-corrected chi connectivity index (χ1v) is 12.0. The summed E-state index contributed by atoms with van der Waals surface area (Å²) in [4.78, 5) is 39.5. The quantitative estimate of drug-likeness (QED) is 0.412. The van der Waals surface area contributed by atoms with Gasteiger partial charge in [-0.3, -0.25) is 14.5 Å². The van der Waals surface area contributed by atoms with Crippen LogP contribution in [0, 0.1) is 5.41 Å². The first-order chi connectivity index (χ1) is 14.8. The molecule has 2 fully saturated rings. The third-order valence-corrected chi connectivity index (χ3v) is 6.62. The van der Waals surface area contributed by atoms with Crippen LogP contribution in [0.5, 0.6) is 0 Å². The van der Waals surface area contributed by atoms with Crippen LogP contribution < -0.4 is 10.6 Å². The summed E-state index contributed by atoms with van der Waals surface area (Å²) in [5, 5.41) is 25.0. The Bertz CT molecular complexity index is 598. The van der Waals surface area contributed by atoms with Crippen molar-refractivity contribution in [3.8, 4) is 0 Å². The highest BCUT2D eigenvalue weighted by Crippen LogP contribution is 2.25. The van der Waals surface area contributed by atoms with Crippen molar-refractivity contribution in [3.05, 3.63) is 0 Å². The molecule has 0 bridgehead atoms. The summed E-state index contributed by atoms with van der Waals surface area (Å²) in [6.07, 6.45) is 9.48. The molecule has 4 amide bonds. The van der Waals surface area contributed by atoms with E-state index >= 15 is 0 Å². The minimum Gasteiger partial charge on any atom is -0.396 e. The maximum Gasteiger partial charge on any atom is 0.324 e. The van der Waals surface area contributed by atoms with Crippen LogP contribution in [0.2, 0.25) is 0 Å². The maximum atomic E-state index is 13.0. The molecule has 31 heavy (non-hydrogen) atoms. The molecule has 0 heterocycles. The molecule has 0 aromatic rings. The van der Waals surface area contributed by atoms with Crippen LogP contribution in [-0.2, 0) is 9.59 Å². The van der Waals surface area contributed by atoms with E-state index in [0.29, 0.717) is 6.42 Å². The van der Waals surface area contributed by atoms with Crippen LogP contribution in [0.25, 0.3) is 0 Å². The van der Waals surface area contributed by atoms with Gasteiger partial charge in [-0.05, 0) is 32.1 Å². The fourth-order valence-electron chi connectivity index (χ4n) is 4.42. The maximum absolute atomic E-state index is 13.0. The molecule has 178 valence electrons. The van der Waals surface area contributed by atoms with E-state index in [-0.39, 0.29) is 43.6 Å². The number of carbonyl (C=O) groups excluding carboxylic acids is 3. The van der Waals surface area contributed by atoms with Gasteiger partial charge < -0.3 is 20.8 Å². The summed E-state index contributed by atoms with van der Waals surface area (Å²) < 4.78 is 0. The molecule has 0 spiro atoms. The highest BCUT2D eigenvalue weighted by molar-refractivity contribution is 5.95. The molecule has 0 aliphatic heterocycles. The average molecular weight is 440 g/mol. The fraction of sp³-hybridized carbons (Fsp3) is 0.870. The largest absolute Gasteiger partial charge is 0.396 e. The van der Waals surface area contributed by atoms with Gasteiger partial charge in [0.25, 0.3) is 0 Å². The van der Waals surface area contributed by atoms with Crippen LogP contribution in [0.1, 0.15) is 90.9 Å². The molecule has 2 rings (SSSR count). The van der Waals surface area contributed by atoms with Crippen LogP contribution in [0.3, 0.4) is 0 Å². The Hall–Kier alpha value is -1.67. The van der Waals surface area contributed by atoms with Gasteiger partial charge in [-0.15, -0.1) is 0 Å². The normalized spacial score (nSPS) is 19.5. The molecular weight excluding hydrogens is 398 g/mol. The minimum absolute atomic E-state index is 0.0494. The minimum atomic E-state index is -1.33. The first kappa shape index (κ1) is 25.6. The number of amides is 4. The third-order valence-electron chi connectivity index (χ3n) is 6.62. The Morgan fingerprint density at radius 2 is 1.58 bits per heavy atom. The second-order valence-electron chi connectivity index (χ2n) is 9.78. The lowest BCUT2D eigenvalue weighted by Gasteiger charge is -2.34. The zero-order valence-electron chi connectivity index (χ0n) is 19.2. The van der Waals surface area contributed by atoms with Gasteiger partial charge in [0.2, 0.25) is 11.8 Å². The molecule has 0 saturated heterocycles. The van der Waals surface area contributed by atoms with Gasteiger partial charge in [-0.25, -0.2) is 4.79 Å². The Morgan fingerprint density at radius 3 is 2.16 bits per heavy atom. The lowest BCUT2D eigenvalue weighted by molar-refractivity contribution is -0.137. The average Bonchev–Trinajstić information content (AvgIpc) is 2.77. The third kappa shape index (κ3) is 7.75. The zero-order valence-corrected chi connectivity index (χ0v) is 19.2. The molecule has 8 nitrogen and oxygen atoms in total. The summed E-state index contributed by atoms with van der Waals surface area (Å²) in [6.45, 7) is 3.12. The molecule has 1 unspecified atom stereocenters. The number of urea groups is 1. The van der Waals surface area contributed by atoms with Gasteiger partial charge in [0.1, 0.15) is 6.10 Å². The smallest absolute Gasteiger partial charge is 0.324 e. The van der Waals surface area contributed by atoms with E-state index in [1.54, 1.807) is 13.8 Å². The lowest BCUT2D eigenvalue weighted by Crippen LogP contribution is -2.53. The molecule has 0 aromatic heterocycles. The highest BCUT2D eigenvalue weighted by Gasteiger charge is 2.34. The van der Waals surface area contributed by atoms with Crippen molar-refractivity contribution in [1.29, 1.82) is 0 Å². The number of rotatable bonds is 9. The van der Waals surface area contributed by atoms with Crippen molar-refractivity contribution < 1.29 is 24.6 Å². The van der Waals surface area contributed by atoms with E-state index in [2.05, 4.69) is 10.6 Å². The zero-order chi connectivity index (χ0) is 22.9. The number of hydrogen-bond donors (Lipinski definition) is 4. The number of aliphatic hydroxyl groups excluding tert-OH is 2.